The third-order valence-electron chi connectivity index (χ3n) is 3.56. The van der Waals surface area contributed by atoms with Crippen molar-refractivity contribution in [2.75, 3.05) is 6.54 Å². The summed E-state index contributed by atoms with van der Waals surface area (Å²) in [7, 11) is 0. The lowest BCUT2D eigenvalue weighted by molar-refractivity contribution is -0.137. The van der Waals surface area contributed by atoms with Crippen LogP contribution in [0.15, 0.2) is 0 Å². The molecule has 0 aromatic rings. The Morgan fingerprint density at radius 2 is 1.88 bits per heavy atom. The molecule has 1 heterocycles. The van der Waals surface area contributed by atoms with Gasteiger partial charge in [0.1, 0.15) is 6.10 Å². The summed E-state index contributed by atoms with van der Waals surface area (Å²) in [4.78, 5) is 11.7. The molecule has 1 atom stereocenters. The summed E-state index contributed by atoms with van der Waals surface area (Å²) in [6.45, 7) is 0.800. The normalized spacial score (nSPS) is 36.6. The number of nitrogens with two attached hydrogens (primary N) is 1. The zero-order valence-corrected chi connectivity index (χ0v) is 9.78. The second kappa shape index (κ2) is 5.64. The fourth-order valence-corrected chi connectivity index (χ4v) is 2.50. The minimum Gasteiger partial charge on any atom is -0.365 e. The molecule has 1 saturated heterocycles. The van der Waals surface area contributed by atoms with Crippen LogP contribution in [-0.2, 0) is 9.53 Å². The van der Waals surface area contributed by atoms with Crippen LogP contribution in [-0.4, -0.2) is 30.7 Å². The Morgan fingerprint density at radius 3 is 2.62 bits per heavy atom. The topological polar surface area (TPSA) is 64.3 Å². The molecule has 2 aliphatic rings. The summed E-state index contributed by atoms with van der Waals surface area (Å²) in [6.07, 6.45) is 7.11. The average molecular weight is 226 g/mol. The largest absolute Gasteiger partial charge is 0.365 e. The van der Waals surface area contributed by atoms with Crippen LogP contribution in [0.2, 0.25) is 0 Å². The summed E-state index contributed by atoms with van der Waals surface area (Å²) in [5.41, 5.74) is 5.85. The van der Waals surface area contributed by atoms with Gasteiger partial charge in [-0.05, 0) is 44.9 Å². The van der Waals surface area contributed by atoms with Gasteiger partial charge in [0.2, 0.25) is 5.91 Å². The van der Waals surface area contributed by atoms with Crippen LogP contribution in [0.5, 0.6) is 0 Å². The predicted octanol–water partition coefficient (Wildman–Crippen LogP) is 0.942. The van der Waals surface area contributed by atoms with Crippen LogP contribution in [0.1, 0.15) is 44.9 Å². The first kappa shape index (κ1) is 11.9. The van der Waals surface area contributed by atoms with Crippen LogP contribution in [0, 0.1) is 0 Å². The third-order valence-corrected chi connectivity index (χ3v) is 3.56. The molecule has 92 valence electrons. The highest BCUT2D eigenvalue weighted by atomic mass is 16.5. The van der Waals surface area contributed by atoms with Gasteiger partial charge in [-0.3, -0.25) is 4.79 Å². The lowest BCUT2D eigenvalue weighted by Crippen LogP contribution is -2.39. The van der Waals surface area contributed by atoms with Crippen LogP contribution in [0.3, 0.4) is 0 Å². The smallest absolute Gasteiger partial charge is 0.249 e. The van der Waals surface area contributed by atoms with Gasteiger partial charge in [-0.2, -0.15) is 0 Å². The van der Waals surface area contributed by atoms with Crippen LogP contribution >= 0.6 is 0 Å². The van der Waals surface area contributed by atoms with E-state index in [1.165, 1.54) is 0 Å². The van der Waals surface area contributed by atoms with Crippen molar-refractivity contribution in [3.05, 3.63) is 0 Å². The number of hydrogen-bond acceptors (Lipinski definition) is 3. The molecule has 16 heavy (non-hydrogen) atoms. The number of ether oxygens (including phenoxy) is 1. The van der Waals surface area contributed by atoms with Gasteiger partial charge in [-0.15, -0.1) is 0 Å². The Morgan fingerprint density at radius 1 is 1.12 bits per heavy atom. The van der Waals surface area contributed by atoms with E-state index in [0.717, 1.165) is 51.5 Å². The second-order valence-electron chi connectivity index (χ2n) is 4.95. The van der Waals surface area contributed by atoms with E-state index in [9.17, 15) is 4.79 Å². The van der Waals surface area contributed by atoms with Crippen LogP contribution < -0.4 is 11.1 Å². The highest BCUT2D eigenvalue weighted by Crippen LogP contribution is 2.22. The predicted molar refractivity (Wildman–Crippen MR) is 62.0 cm³/mol. The fraction of sp³-hybridized carbons (Fsp3) is 0.917. The van der Waals surface area contributed by atoms with Crippen molar-refractivity contribution in [1.29, 1.82) is 0 Å². The standard InChI is InChI=1S/C12H22N2O2/c13-9-4-6-10(7-5-9)16-11-3-1-2-8-14-12(11)15/h9-11H,1-8,13H2,(H,14,15). The monoisotopic (exact) mass is 226 g/mol. The van der Waals surface area contributed by atoms with Crippen molar-refractivity contribution in [2.24, 2.45) is 5.73 Å². The summed E-state index contributed by atoms with van der Waals surface area (Å²) in [5, 5.41) is 2.90. The van der Waals surface area contributed by atoms with E-state index in [-0.39, 0.29) is 18.1 Å². The number of hydrogen-bond donors (Lipinski definition) is 2. The Kier molecular flexibility index (Phi) is 4.18. The Hall–Kier alpha value is -0.610. The zero-order chi connectivity index (χ0) is 11.4. The maximum Gasteiger partial charge on any atom is 0.249 e. The molecule has 1 unspecified atom stereocenters. The van der Waals surface area contributed by atoms with E-state index in [1.54, 1.807) is 0 Å². The Labute approximate surface area is 96.9 Å². The van der Waals surface area contributed by atoms with Gasteiger partial charge in [0.25, 0.3) is 0 Å². The molecule has 1 aliphatic carbocycles. The molecule has 4 nitrogen and oxygen atoms in total. The van der Waals surface area contributed by atoms with Crippen molar-refractivity contribution in [2.45, 2.75) is 63.2 Å². The quantitative estimate of drug-likeness (QED) is 0.736. The summed E-state index contributed by atoms with van der Waals surface area (Å²) in [5.74, 6) is 0.0763. The number of carbonyl (C=O) groups excluding carboxylic acids is 1. The van der Waals surface area contributed by atoms with Crippen molar-refractivity contribution in [3.63, 3.8) is 0 Å². The maximum absolute atomic E-state index is 11.7. The minimum atomic E-state index is -0.221. The van der Waals surface area contributed by atoms with Gasteiger partial charge in [0, 0.05) is 12.6 Å². The first-order valence-corrected chi connectivity index (χ1v) is 6.44. The van der Waals surface area contributed by atoms with Gasteiger partial charge in [0.05, 0.1) is 6.10 Å². The van der Waals surface area contributed by atoms with Gasteiger partial charge in [0.15, 0.2) is 0 Å². The van der Waals surface area contributed by atoms with E-state index in [4.69, 9.17) is 10.5 Å². The molecule has 1 aliphatic heterocycles. The minimum absolute atomic E-state index is 0.0763. The molecule has 1 amide bonds. The molecule has 0 aromatic heterocycles. The highest BCUT2D eigenvalue weighted by Gasteiger charge is 2.27. The van der Waals surface area contributed by atoms with Crippen molar-refractivity contribution in [3.8, 4) is 0 Å². The molecule has 2 fully saturated rings. The highest BCUT2D eigenvalue weighted by molar-refractivity contribution is 5.80. The van der Waals surface area contributed by atoms with E-state index in [2.05, 4.69) is 5.32 Å². The fourth-order valence-electron chi connectivity index (χ4n) is 2.50. The summed E-state index contributed by atoms with van der Waals surface area (Å²) in [6, 6.07) is 0.336. The van der Waals surface area contributed by atoms with E-state index in [1.807, 2.05) is 0 Å². The first-order chi connectivity index (χ1) is 7.75. The van der Waals surface area contributed by atoms with Crippen LogP contribution in [0.25, 0.3) is 0 Å². The van der Waals surface area contributed by atoms with E-state index in [0.29, 0.717) is 6.04 Å². The lowest BCUT2D eigenvalue weighted by Gasteiger charge is -2.29. The molecular weight excluding hydrogens is 204 g/mol. The molecule has 1 saturated carbocycles. The third kappa shape index (κ3) is 3.19. The second-order valence-corrected chi connectivity index (χ2v) is 4.95. The number of rotatable bonds is 2. The summed E-state index contributed by atoms with van der Waals surface area (Å²) >= 11 is 0. The Balaban J connectivity index is 1.80. The molecule has 0 spiro atoms. The molecular formula is C12H22N2O2. The molecule has 0 bridgehead atoms. The zero-order valence-electron chi connectivity index (χ0n) is 9.78. The lowest BCUT2D eigenvalue weighted by atomic mass is 9.93. The first-order valence-electron chi connectivity index (χ1n) is 6.44. The number of amides is 1. The van der Waals surface area contributed by atoms with Gasteiger partial charge >= 0.3 is 0 Å². The molecule has 0 aromatic carbocycles. The van der Waals surface area contributed by atoms with Crippen LogP contribution in [0.4, 0.5) is 0 Å². The van der Waals surface area contributed by atoms with Gasteiger partial charge in [-0.1, -0.05) is 0 Å². The molecule has 3 N–H and O–H groups in total. The van der Waals surface area contributed by atoms with Gasteiger partial charge in [-0.25, -0.2) is 0 Å². The van der Waals surface area contributed by atoms with E-state index >= 15 is 0 Å². The average Bonchev–Trinajstić information content (AvgIpc) is 2.48. The van der Waals surface area contributed by atoms with Gasteiger partial charge < -0.3 is 15.8 Å². The Bertz CT molecular complexity index is 237. The van der Waals surface area contributed by atoms with Crippen molar-refractivity contribution in [1.82, 2.24) is 5.32 Å². The molecule has 4 heteroatoms. The SMILES string of the molecule is NC1CCC(OC2CCCCNC2=O)CC1. The molecule has 2 rings (SSSR count). The molecule has 0 radical (unpaired) electrons. The number of nitrogens with one attached hydrogen (secondary N) is 1. The maximum atomic E-state index is 11.7. The van der Waals surface area contributed by atoms with Crippen molar-refractivity contribution < 1.29 is 9.53 Å². The van der Waals surface area contributed by atoms with Crippen molar-refractivity contribution >= 4 is 5.91 Å². The number of carbonyl (C=O) groups is 1. The summed E-state index contributed by atoms with van der Waals surface area (Å²) < 4.78 is 5.91. The van der Waals surface area contributed by atoms with E-state index < -0.39 is 0 Å².